The third-order valence-corrected chi connectivity index (χ3v) is 6.77. The molecule has 0 N–H and O–H groups in total. The maximum absolute atomic E-state index is 12.3. The second-order valence-electron chi connectivity index (χ2n) is 3.52. The van der Waals surface area contributed by atoms with Crippen molar-refractivity contribution >= 4 is 37.7 Å². The highest BCUT2D eigenvalue weighted by atomic mass is 79.9. The molecule has 16 heavy (non-hydrogen) atoms. The first-order chi connectivity index (χ1) is 7.53. The molecular formula is C10H12BrNO2S2. The SMILES string of the molecule is CC1SCCN1S(=O)(=O)c1ccccc1Br. The van der Waals surface area contributed by atoms with Crippen molar-refractivity contribution in [3.63, 3.8) is 0 Å². The first-order valence-corrected chi connectivity index (χ1v) is 8.19. The maximum Gasteiger partial charge on any atom is 0.245 e. The van der Waals surface area contributed by atoms with Crippen LogP contribution in [0.1, 0.15) is 6.92 Å². The fourth-order valence-electron chi connectivity index (χ4n) is 1.67. The van der Waals surface area contributed by atoms with Gasteiger partial charge in [0.1, 0.15) is 0 Å². The molecule has 0 aromatic heterocycles. The third kappa shape index (κ3) is 2.16. The zero-order valence-electron chi connectivity index (χ0n) is 8.76. The summed E-state index contributed by atoms with van der Waals surface area (Å²) >= 11 is 4.95. The van der Waals surface area contributed by atoms with Gasteiger partial charge in [0.25, 0.3) is 0 Å². The van der Waals surface area contributed by atoms with Gasteiger partial charge in [-0.15, -0.1) is 11.8 Å². The summed E-state index contributed by atoms with van der Waals surface area (Å²) in [5.74, 6) is 0.866. The Bertz CT molecular complexity index is 489. The van der Waals surface area contributed by atoms with Crippen molar-refractivity contribution in [1.29, 1.82) is 0 Å². The van der Waals surface area contributed by atoms with E-state index in [1.807, 2.05) is 13.0 Å². The number of benzene rings is 1. The van der Waals surface area contributed by atoms with Gasteiger partial charge in [0.05, 0.1) is 10.3 Å². The Morgan fingerprint density at radius 2 is 2.12 bits per heavy atom. The monoisotopic (exact) mass is 321 g/mol. The molecule has 1 aromatic rings. The first kappa shape index (κ1) is 12.4. The van der Waals surface area contributed by atoms with E-state index in [9.17, 15) is 8.42 Å². The summed E-state index contributed by atoms with van der Waals surface area (Å²) < 4.78 is 26.9. The van der Waals surface area contributed by atoms with Crippen LogP contribution in [-0.4, -0.2) is 30.4 Å². The largest absolute Gasteiger partial charge is 0.245 e. The topological polar surface area (TPSA) is 37.4 Å². The van der Waals surface area contributed by atoms with Crippen molar-refractivity contribution < 1.29 is 8.42 Å². The Morgan fingerprint density at radius 1 is 1.44 bits per heavy atom. The highest BCUT2D eigenvalue weighted by Crippen LogP contribution is 2.32. The molecule has 0 saturated carbocycles. The second-order valence-corrected chi connectivity index (χ2v) is 7.65. The van der Waals surface area contributed by atoms with Crippen LogP contribution in [0.2, 0.25) is 0 Å². The zero-order chi connectivity index (χ0) is 11.8. The van der Waals surface area contributed by atoms with Crippen LogP contribution in [0.25, 0.3) is 0 Å². The summed E-state index contributed by atoms with van der Waals surface area (Å²) in [5, 5.41) is 0.0251. The summed E-state index contributed by atoms with van der Waals surface area (Å²) in [6.07, 6.45) is 0. The van der Waals surface area contributed by atoms with Crippen molar-refractivity contribution in [2.75, 3.05) is 12.3 Å². The standard InChI is InChI=1S/C10H12BrNO2S2/c1-8-12(6-7-15-8)16(13,14)10-5-3-2-4-9(10)11/h2-5,8H,6-7H2,1H3. The number of halogens is 1. The minimum absolute atomic E-state index is 0.0251. The molecule has 6 heteroatoms. The van der Waals surface area contributed by atoms with Gasteiger partial charge in [-0.2, -0.15) is 4.31 Å². The van der Waals surface area contributed by atoms with Crippen molar-refractivity contribution in [1.82, 2.24) is 4.31 Å². The van der Waals surface area contributed by atoms with E-state index < -0.39 is 10.0 Å². The number of thioether (sulfide) groups is 1. The van der Waals surface area contributed by atoms with Crippen LogP contribution in [0.3, 0.4) is 0 Å². The fourth-order valence-corrected chi connectivity index (χ4v) is 5.67. The summed E-state index contributed by atoms with van der Waals surface area (Å²) in [6.45, 7) is 2.52. The van der Waals surface area contributed by atoms with E-state index in [2.05, 4.69) is 15.9 Å². The summed E-state index contributed by atoms with van der Waals surface area (Å²) in [4.78, 5) is 0.351. The van der Waals surface area contributed by atoms with E-state index in [1.165, 1.54) is 0 Å². The van der Waals surface area contributed by atoms with Crippen molar-refractivity contribution in [3.05, 3.63) is 28.7 Å². The minimum Gasteiger partial charge on any atom is -0.207 e. The molecule has 0 radical (unpaired) electrons. The smallest absolute Gasteiger partial charge is 0.207 e. The molecule has 0 aliphatic carbocycles. The molecule has 1 heterocycles. The molecule has 0 bridgehead atoms. The summed E-state index contributed by atoms with van der Waals surface area (Å²) in [7, 11) is -3.35. The van der Waals surface area contributed by atoms with Gasteiger partial charge >= 0.3 is 0 Å². The van der Waals surface area contributed by atoms with Gasteiger partial charge in [-0.05, 0) is 35.0 Å². The molecule has 0 spiro atoms. The van der Waals surface area contributed by atoms with Gasteiger partial charge in [0, 0.05) is 16.8 Å². The lowest BCUT2D eigenvalue weighted by Gasteiger charge is -2.20. The second kappa shape index (κ2) is 4.68. The van der Waals surface area contributed by atoms with Crippen LogP contribution in [0.4, 0.5) is 0 Å². The van der Waals surface area contributed by atoms with E-state index in [0.29, 0.717) is 15.9 Å². The lowest BCUT2D eigenvalue weighted by molar-refractivity contribution is 0.441. The minimum atomic E-state index is -3.35. The highest BCUT2D eigenvalue weighted by Gasteiger charge is 2.33. The normalized spacial score (nSPS) is 22.5. The molecule has 88 valence electrons. The number of sulfonamides is 1. The average Bonchev–Trinajstić information content (AvgIpc) is 2.65. The van der Waals surface area contributed by atoms with Gasteiger partial charge in [-0.25, -0.2) is 8.42 Å². The highest BCUT2D eigenvalue weighted by molar-refractivity contribution is 9.10. The fraction of sp³-hybridized carbons (Fsp3) is 0.400. The lowest BCUT2D eigenvalue weighted by Crippen LogP contribution is -2.33. The predicted molar refractivity (Wildman–Crippen MR) is 70.0 cm³/mol. The molecule has 2 rings (SSSR count). The van der Waals surface area contributed by atoms with Gasteiger partial charge in [-0.1, -0.05) is 12.1 Å². The van der Waals surface area contributed by atoms with Crippen molar-refractivity contribution in [3.8, 4) is 0 Å². The molecule has 1 saturated heterocycles. The molecule has 3 nitrogen and oxygen atoms in total. The Kier molecular flexibility index (Phi) is 3.63. The van der Waals surface area contributed by atoms with Gasteiger partial charge in [0.15, 0.2) is 0 Å². The third-order valence-electron chi connectivity index (χ3n) is 2.50. The first-order valence-electron chi connectivity index (χ1n) is 4.91. The van der Waals surface area contributed by atoms with E-state index in [4.69, 9.17) is 0 Å². The Balaban J connectivity index is 2.43. The van der Waals surface area contributed by atoms with Crippen LogP contribution in [0.15, 0.2) is 33.6 Å². The summed E-state index contributed by atoms with van der Waals surface area (Å²) in [6, 6.07) is 6.94. The number of hydrogen-bond donors (Lipinski definition) is 0. The van der Waals surface area contributed by atoms with Gasteiger partial charge < -0.3 is 0 Å². The lowest BCUT2D eigenvalue weighted by atomic mass is 10.4. The number of rotatable bonds is 2. The molecule has 1 aromatic carbocycles. The van der Waals surface area contributed by atoms with E-state index in [-0.39, 0.29) is 5.37 Å². The van der Waals surface area contributed by atoms with Crippen LogP contribution < -0.4 is 0 Å². The Hall–Kier alpha value is -0.0400. The molecule has 1 aliphatic heterocycles. The van der Waals surface area contributed by atoms with E-state index >= 15 is 0 Å². The van der Waals surface area contributed by atoms with Crippen LogP contribution >= 0.6 is 27.7 Å². The quantitative estimate of drug-likeness (QED) is 0.840. The number of nitrogens with zero attached hydrogens (tertiary/aromatic N) is 1. The molecule has 1 unspecified atom stereocenters. The van der Waals surface area contributed by atoms with Crippen molar-refractivity contribution in [2.24, 2.45) is 0 Å². The van der Waals surface area contributed by atoms with Crippen molar-refractivity contribution in [2.45, 2.75) is 17.2 Å². The predicted octanol–water partition coefficient (Wildman–Crippen LogP) is 2.53. The molecule has 1 fully saturated rings. The molecule has 0 amide bonds. The molecular weight excluding hydrogens is 310 g/mol. The van der Waals surface area contributed by atoms with E-state index in [1.54, 1.807) is 34.3 Å². The van der Waals surface area contributed by atoms with Crippen LogP contribution in [0.5, 0.6) is 0 Å². The molecule has 1 aliphatic rings. The zero-order valence-corrected chi connectivity index (χ0v) is 12.0. The molecule has 1 atom stereocenters. The van der Waals surface area contributed by atoms with E-state index in [0.717, 1.165) is 5.75 Å². The van der Waals surface area contributed by atoms with Gasteiger partial charge in [0.2, 0.25) is 10.0 Å². The van der Waals surface area contributed by atoms with Crippen LogP contribution in [-0.2, 0) is 10.0 Å². The number of hydrogen-bond acceptors (Lipinski definition) is 3. The average molecular weight is 322 g/mol. The summed E-state index contributed by atoms with van der Waals surface area (Å²) in [5.41, 5.74) is 0. The maximum atomic E-state index is 12.3. The van der Waals surface area contributed by atoms with Crippen LogP contribution in [0, 0.1) is 0 Å². The Labute approximate surface area is 108 Å². The van der Waals surface area contributed by atoms with Gasteiger partial charge in [-0.3, -0.25) is 0 Å². The Morgan fingerprint density at radius 3 is 2.69 bits per heavy atom.